The second-order valence-electron chi connectivity index (χ2n) is 5.30. The average molecular weight is 364 g/mol. The van der Waals surface area contributed by atoms with Gasteiger partial charge in [0.1, 0.15) is 0 Å². The molecule has 0 spiro atoms. The number of carbonyl (C=O) groups excluding carboxylic acids is 2. The number of alkyl halides is 3. The largest absolute Gasteiger partial charge is 0.418 e. The van der Waals surface area contributed by atoms with Gasteiger partial charge in [0.25, 0.3) is 5.91 Å². The van der Waals surface area contributed by atoms with Gasteiger partial charge in [-0.05, 0) is 31.2 Å². The van der Waals surface area contributed by atoms with Gasteiger partial charge in [-0.3, -0.25) is 14.6 Å². The van der Waals surface area contributed by atoms with Crippen LogP contribution in [0.15, 0.2) is 53.9 Å². The van der Waals surface area contributed by atoms with Gasteiger partial charge < -0.3 is 5.32 Å². The Labute approximate surface area is 147 Å². The summed E-state index contributed by atoms with van der Waals surface area (Å²) < 4.78 is 38.7. The highest BCUT2D eigenvalue weighted by Gasteiger charge is 2.33. The maximum Gasteiger partial charge on any atom is 0.418 e. The number of hydrazone groups is 1. The van der Waals surface area contributed by atoms with Gasteiger partial charge in [0, 0.05) is 18.1 Å². The number of anilines is 1. The normalized spacial score (nSPS) is 11.8. The lowest BCUT2D eigenvalue weighted by molar-refractivity contribution is -0.137. The molecule has 6 nitrogen and oxygen atoms in total. The van der Waals surface area contributed by atoms with Crippen LogP contribution in [0.1, 0.15) is 29.3 Å². The highest BCUT2D eigenvalue weighted by atomic mass is 19.4. The Kier molecular flexibility index (Phi) is 6.05. The molecule has 0 aliphatic carbocycles. The minimum absolute atomic E-state index is 0.226. The Bertz CT molecular complexity index is 820. The van der Waals surface area contributed by atoms with Crippen molar-refractivity contribution in [2.75, 3.05) is 5.32 Å². The van der Waals surface area contributed by atoms with E-state index in [9.17, 15) is 22.8 Å². The van der Waals surface area contributed by atoms with Crippen LogP contribution in [0.4, 0.5) is 18.9 Å². The quantitative estimate of drug-likeness (QED) is 0.631. The summed E-state index contributed by atoms with van der Waals surface area (Å²) in [6.45, 7) is 1.47. The van der Waals surface area contributed by atoms with Crippen molar-refractivity contribution in [3.05, 3.63) is 59.9 Å². The molecule has 0 atom stereocenters. The van der Waals surface area contributed by atoms with Gasteiger partial charge in [0.05, 0.1) is 23.2 Å². The molecule has 2 N–H and O–H groups in total. The van der Waals surface area contributed by atoms with Crippen LogP contribution in [0, 0.1) is 0 Å². The Morgan fingerprint density at radius 1 is 1.15 bits per heavy atom. The predicted octanol–water partition coefficient (Wildman–Crippen LogP) is 3.23. The standard InChI is InChI=1S/C17H15F3N4O2/c1-11(23-24-16(26)12-5-4-8-21-10-12)9-15(25)22-14-7-3-2-6-13(14)17(18,19)20/h2-8,10H,9H2,1H3,(H,22,25)(H,24,26)/b23-11+. The summed E-state index contributed by atoms with van der Waals surface area (Å²) in [5.41, 5.74) is 1.49. The summed E-state index contributed by atoms with van der Waals surface area (Å²) in [6.07, 6.45) is -2.00. The SMILES string of the molecule is C/C(CC(=O)Nc1ccccc1C(F)(F)F)=N\NC(=O)c1cccnc1. The molecule has 2 amide bonds. The molecule has 1 aromatic carbocycles. The Hall–Kier alpha value is -3.23. The first-order valence-electron chi connectivity index (χ1n) is 7.47. The van der Waals surface area contributed by atoms with E-state index in [0.29, 0.717) is 0 Å². The van der Waals surface area contributed by atoms with E-state index in [0.717, 1.165) is 12.1 Å². The highest BCUT2D eigenvalue weighted by molar-refractivity contribution is 6.06. The number of amides is 2. The minimum atomic E-state index is -4.58. The number of nitrogens with zero attached hydrogens (tertiary/aromatic N) is 2. The number of nitrogens with one attached hydrogen (secondary N) is 2. The Morgan fingerprint density at radius 3 is 2.54 bits per heavy atom. The van der Waals surface area contributed by atoms with Gasteiger partial charge in [0.2, 0.25) is 5.91 Å². The first kappa shape index (κ1) is 19.1. The molecule has 26 heavy (non-hydrogen) atoms. The molecule has 0 unspecified atom stereocenters. The van der Waals surface area contributed by atoms with Crippen molar-refractivity contribution < 1.29 is 22.8 Å². The van der Waals surface area contributed by atoms with Crippen LogP contribution >= 0.6 is 0 Å². The van der Waals surface area contributed by atoms with E-state index in [1.165, 1.54) is 37.5 Å². The molecular weight excluding hydrogens is 349 g/mol. The molecule has 0 saturated carbocycles. The van der Waals surface area contributed by atoms with Crippen molar-refractivity contribution in [2.45, 2.75) is 19.5 Å². The smallest absolute Gasteiger partial charge is 0.325 e. The lowest BCUT2D eigenvalue weighted by Gasteiger charge is -2.13. The van der Waals surface area contributed by atoms with Crippen LogP contribution in [0.25, 0.3) is 0 Å². The third kappa shape index (κ3) is 5.40. The lowest BCUT2D eigenvalue weighted by atomic mass is 10.1. The number of aromatic nitrogens is 1. The summed E-state index contributed by atoms with van der Waals surface area (Å²) in [4.78, 5) is 27.5. The minimum Gasteiger partial charge on any atom is -0.325 e. The van der Waals surface area contributed by atoms with Gasteiger partial charge in [-0.15, -0.1) is 0 Å². The molecule has 0 aliphatic heterocycles. The number of benzene rings is 1. The monoisotopic (exact) mass is 364 g/mol. The van der Waals surface area contributed by atoms with Crippen molar-refractivity contribution in [1.82, 2.24) is 10.4 Å². The summed E-state index contributed by atoms with van der Waals surface area (Å²) in [5, 5.41) is 5.96. The second kappa shape index (κ2) is 8.24. The zero-order chi connectivity index (χ0) is 19.2. The van der Waals surface area contributed by atoms with Gasteiger partial charge >= 0.3 is 6.18 Å². The van der Waals surface area contributed by atoms with E-state index < -0.39 is 23.6 Å². The number of pyridine rings is 1. The molecule has 9 heteroatoms. The zero-order valence-corrected chi connectivity index (χ0v) is 13.7. The molecule has 0 radical (unpaired) electrons. The molecule has 1 aromatic heterocycles. The molecule has 0 bridgehead atoms. The molecule has 2 aromatic rings. The predicted molar refractivity (Wildman–Crippen MR) is 89.5 cm³/mol. The topological polar surface area (TPSA) is 83.5 Å². The van der Waals surface area contributed by atoms with E-state index >= 15 is 0 Å². The van der Waals surface area contributed by atoms with Gasteiger partial charge in [0.15, 0.2) is 0 Å². The van der Waals surface area contributed by atoms with E-state index in [1.54, 1.807) is 6.07 Å². The van der Waals surface area contributed by atoms with Crippen LogP contribution in [-0.2, 0) is 11.0 Å². The number of halogens is 3. The summed E-state index contributed by atoms with van der Waals surface area (Å²) in [7, 11) is 0. The van der Waals surface area contributed by atoms with Crippen LogP contribution in [0.3, 0.4) is 0 Å². The van der Waals surface area contributed by atoms with E-state index in [4.69, 9.17) is 0 Å². The van der Waals surface area contributed by atoms with Gasteiger partial charge in [-0.25, -0.2) is 5.43 Å². The van der Waals surface area contributed by atoms with Crippen LogP contribution in [-0.4, -0.2) is 22.5 Å². The van der Waals surface area contributed by atoms with Gasteiger partial charge in [-0.2, -0.15) is 18.3 Å². The molecule has 2 rings (SSSR count). The number of para-hydroxylation sites is 1. The van der Waals surface area contributed by atoms with Crippen molar-refractivity contribution in [1.29, 1.82) is 0 Å². The fourth-order valence-electron chi connectivity index (χ4n) is 2.01. The molecule has 136 valence electrons. The fraction of sp³-hybridized carbons (Fsp3) is 0.176. The molecular formula is C17H15F3N4O2. The molecule has 1 heterocycles. The fourth-order valence-corrected chi connectivity index (χ4v) is 2.01. The highest BCUT2D eigenvalue weighted by Crippen LogP contribution is 2.34. The van der Waals surface area contributed by atoms with Crippen molar-refractivity contribution in [2.24, 2.45) is 5.10 Å². The van der Waals surface area contributed by atoms with Crippen molar-refractivity contribution >= 4 is 23.2 Å². The maximum atomic E-state index is 12.9. The summed E-state index contributed by atoms with van der Waals surface area (Å²) in [5.74, 6) is -1.20. The third-order valence-electron chi connectivity index (χ3n) is 3.19. The molecule has 0 saturated heterocycles. The maximum absolute atomic E-state index is 12.9. The van der Waals surface area contributed by atoms with Crippen LogP contribution in [0.2, 0.25) is 0 Å². The summed E-state index contributed by atoms with van der Waals surface area (Å²) in [6, 6.07) is 7.78. The zero-order valence-electron chi connectivity index (χ0n) is 13.7. The molecule has 0 aliphatic rings. The average Bonchev–Trinajstić information content (AvgIpc) is 2.60. The Balaban J connectivity index is 1.97. The molecule has 0 fully saturated rings. The van der Waals surface area contributed by atoms with E-state index in [-0.39, 0.29) is 23.4 Å². The third-order valence-corrected chi connectivity index (χ3v) is 3.19. The number of rotatable bonds is 5. The summed E-state index contributed by atoms with van der Waals surface area (Å²) >= 11 is 0. The van der Waals surface area contributed by atoms with E-state index in [2.05, 4.69) is 20.8 Å². The van der Waals surface area contributed by atoms with E-state index in [1.807, 2.05) is 0 Å². The second-order valence-corrected chi connectivity index (χ2v) is 5.30. The first-order chi connectivity index (χ1) is 12.3. The van der Waals surface area contributed by atoms with Crippen molar-refractivity contribution in [3.8, 4) is 0 Å². The van der Waals surface area contributed by atoms with Crippen LogP contribution < -0.4 is 10.7 Å². The van der Waals surface area contributed by atoms with Crippen molar-refractivity contribution in [3.63, 3.8) is 0 Å². The Morgan fingerprint density at radius 2 is 1.88 bits per heavy atom. The lowest BCUT2D eigenvalue weighted by Crippen LogP contribution is -2.22. The first-order valence-corrected chi connectivity index (χ1v) is 7.47. The number of hydrogen-bond acceptors (Lipinski definition) is 4. The van der Waals surface area contributed by atoms with Crippen LogP contribution in [0.5, 0.6) is 0 Å². The number of hydrogen-bond donors (Lipinski definition) is 2. The number of carbonyl (C=O) groups is 2. The van der Waals surface area contributed by atoms with Gasteiger partial charge in [-0.1, -0.05) is 12.1 Å².